The van der Waals surface area contributed by atoms with Crippen LogP contribution in [0.3, 0.4) is 0 Å². The van der Waals surface area contributed by atoms with Gasteiger partial charge in [-0.05, 0) is 0 Å². The van der Waals surface area contributed by atoms with E-state index in [0.29, 0.717) is 0 Å². The number of rotatable bonds is 2. The van der Waals surface area contributed by atoms with Crippen LogP contribution in [0.2, 0.25) is 0 Å². The molecule has 0 spiro atoms. The van der Waals surface area contributed by atoms with Crippen LogP contribution in [0.25, 0.3) is 0 Å². The number of nitrogens with zero attached hydrogens (tertiary/aromatic N) is 1. The quantitative estimate of drug-likeness (QED) is 0.338. The topological polar surface area (TPSA) is 32.7 Å². The summed E-state index contributed by atoms with van der Waals surface area (Å²) in [6, 6.07) is 0. The summed E-state index contributed by atoms with van der Waals surface area (Å²) in [6.45, 7) is 0. The summed E-state index contributed by atoms with van der Waals surface area (Å²) in [4.78, 5) is 0. The smallest absolute Gasteiger partial charge is 0.429 e. The summed E-state index contributed by atoms with van der Waals surface area (Å²) < 4.78 is 4.43. The highest BCUT2D eigenvalue weighted by atomic mass is 16.7. The van der Waals surface area contributed by atoms with Crippen molar-refractivity contribution >= 4 is 7.69 Å². The first kappa shape index (κ1) is 5.94. The monoisotopic (exact) mass is 89.1 g/mol. The van der Waals surface area contributed by atoms with Gasteiger partial charge in [0.1, 0.15) is 0 Å². The Labute approximate surface area is 37.8 Å². The molecule has 0 aromatic heterocycles. The zero-order valence-corrected chi connectivity index (χ0v) is 4.01. The van der Waals surface area contributed by atoms with Gasteiger partial charge in [0.15, 0.2) is 0 Å². The largest absolute Gasteiger partial charge is 0.454 e. The molecule has 4 heteroatoms. The minimum atomic E-state index is -0.243. The predicted octanol–water partition coefficient (Wildman–Crippen LogP) is -1.26. The molecule has 0 aliphatic heterocycles. The van der Waals surface area contributed by atoms with Crippen molar-refractivity contribution in [2.24, 2.45) is 0 Å². The lowest BCUT2D eigenvalue weighted by atomic mass is 10.4. The fourth-order valence-corrected chi connectivity index (χ4v) is 0.115. The standard InChI is InChI=1S/C2H8BNO2/c1-4(2)6-3-5/h3,5H,1-2H3. The average Bonchev–Trinajstić information content (AvgIpc) is 1.35. The molecule has 0 aromatic carbocycles. The van der Waals surface area contributed by atoms with Crippen LogP contribution in [-0.4, -0.2) is 31.9 Å². The van der Waals surface area contributed by atoms with Crippen molar-refractivity contribution < 1.29 is 9.78 Å². The maximum Gasteiger partial charge on any atom is 0.454 e. The lowest BCUT2D eigenvalue weighted by Gasteiger charge is -2.04. The molecule has 6 heavy (non-hydrogen) atoms. The first-order chi connectivity index (χ1) is 2.77. The summed E-state index contributed by atoms with van der Waals surface area (Å²) in [6.07, 6.45) is 0. The van der Waals surface area contributed by atoms with Gasteiger partial charge in [-0.2, -0.15) is 0 Å². The third kappa shape index (κ3) is 3.94. The Morgan fingerprint density at radius 3 is 2.17 bits per heavy atom. The molecule has 0 rings (SSSR count). The van der Waals surface area contributed by atoms with Crippen molar-refractivity contribution in [2.45, 2.75) is 0 Å². The first-order valence-corrected chi connectivity index (χ1v) is 1.68. The van der Waals surface area contributed by atoms with E-state index in [9.17, 15) is 0 Å². The number of hydroxylamine groups is 2. The third-order valence-corrected chi connectivity index (χ3v) is 0.316. The van der Waals surface area contributed by atoms with Crippen molar-refractivity contribution in [2.75, 3.05) is 14.1 Å². The summed E-state index contributed by atoms with van der Waals surface area (Å²) in [5, 5.41) is 9.40. The van der Waals surface area contributed by atoms with Crippen LogP contribution in [0.1, 0.15) is 0 Å². The molecule has 0 saturated heterocycles. The molecule has 0 heterocycles. The van der Waals surface area contributed by atoms with E-state index in [0.717, 1.165) is 0 Å². The summed E-state index contributed by atoms with van der Waals surface area (Å²) in [5.74, 6) is 0. The van der Waals surface area contributed by atoms with Crippen molar-refractivity contribution in [1.82, 2.24) is 5.06 Å². The average molecular weight is 88.9 g/mol. The van der Waals surface area contributed by atoms with E-state index < -0.39 is 0 Å². The van der Waals surface area contributed by atoms with Gasteiger partial charge in [-0.3, -0.25) is 0 Å². The van der Waals surface area contributed by atoms with Gasteiger partial charge in [-0.1, -0.05) is 0 Å². The molecule has 36 valence electrons. The molecule has 0 aliphatic rings. The van der Waals surface area contributed by atoms with Crippen molar-refractivity contribution in [3.8, 4) is 0 Å². The van der Waals surface area contributed by atoms with Crippen molar-refractivity contribution in [3.05, 3.63) is 0 Å². The van der Waals surface area contributed by atoms with Gasteiger partial charge in [0.05, 0.1) is 0 Å². The predicted molar refractivity (Wildman–Crippen MR) is 24.1 cm³/mol. The van der Waals surface area contributed by atoms with Gasteiger partial charge in [0.2, 0.25) is 0 Å². The van der Waals surface area contributed by atoms with E-state index in [-0.39, 0.29) is 7.69 Å². The highest BCUT2D eigenvalue weighted by Crippen LogP contribution is 1.67. The van der Waals surface area contributed by atoms with Crippen LogP contribution < -0.4 is 0 Å². The van der Waals surface area contributed by atoms with Crippen molar-refractivity contribution in [3.63, 3.8) is 0 Å². The van der Waals surface area contributed by atoms with Crippen LogP contribution in [0, 0.1) is 0 Å². The second-order valence-electron chi connectivity index (χ2n) is 1.07. The van der Waals surface area contributed by atoms with Crippen LogP contribution in [-0.2, 0) is 4.76 Å². The second kappa shape index (κ2) is 3.15. The lowest BCUT2D eigenvalue weighted by molar-refractivity contribution is -0.0152. The van der Waals surface area contributed by atoms with E-state index in [4.69, 9.17) is 5.02 Å². The molecule has 3 nitrogen and oxygen atoms in total. The molecule has 0 saturated carbocycles. The Hall–Kier alpha value is -0.0551. The van der Waals surface area contributed by atoms with Gasteiger partial charge in [0.25, 0.3) is 0 Å². The molecular formula is C2H8BNO2. The molecular weight excluding hydrogens is 80.8 g/mol. The van der Waals surface area contributed by atoms with Crippen LogP contribution in [0.4, 0.5) is 0 Å². The first-order valence-electron chi connectivity index (χ1n) is 1.68. The minimum Gasteiger partial charge on any atom is -0.429 e. The summed E-state index contributed by atoms with van der Waals surface area (Å²) >= 11 is 0. The van der Waals surface area contributed by atoms with E-state index in [1.807, 2.05) is 0 Å². The molecule has 0 atom stereocenters. The normalized spacial score (nSPS) is 9.33. The summed E-state index contributed by atoms with van der Waals surface area (Å²) in [7, 11) is 3.17. The highest BCUT2D eigenvalue weighted by Gasteiger charge is 1.83. The van der Waals surface area contributed by atoms with Gasteiger partial charge < -0.3 is 9.78 Å². The maximum atomic E-state index is 7.97. The van der Waals surface area contributed by atoms with Gasteiger partial charge >= 0.3 is 7.69 Å². The minimum absolute atomic E-state index is 0.243. The molecule has 0 unspecified atom stereocenters. The highest BCUT2D eigenvalue weighted by molar-refractivity contribution is 6.15. The molecule has 0 fully saturated rings. The van der Waals surface area contributed by atoms with E-state index in [1.54, 1.807) is 14.1 Å². The molecule has 0 amide bonds. The third-order valence-electron chi connectivity index (χ3n) is 0.316. The van der Waals surface area contributed by atoms with E-state index >= 15 is 0 Å². The molecule has 0 radical (unpaired) electrons. The van der Waals surface area contributed by atoms with Gasteiger partial charge in [-0.15, -0.1) is 0 Å². The Kier molecular flexibility index (Phi) is 3.12. The Morgan fingerprint density at radius 1 is 1.67 bits per heavy atom. The maximum absolute atomic E-state index is 7.97. The second-order valence-corrected chi connectivity index (χ2v) is 1.07. The number of hydrogen-bond acceptors (Lipinski definition) is 3. The molecule has 1 N–H and O–H groups in total. The SMILES string of the molecule is CN(C)OBO. The Bertz CT molecular complexity index is 32.7. The Morgan fingerprint density at radius 2 is 2.17 bits per heavy atom. The Balaban J connectivity index is 2.63. The van der Waals surface area contributed by atoms with Gasteiger partial charge in [0, 0.05) is 14.1 Å². The fourth-order valence-electron chi connectivity index (χ4n) is 0.115. The lowest BCUT2D eigenvalue weighted by Crippen LogP contribution is -2.14. The number of hydrogen-bond donors (Lipinski definition) is 1. The fraction of sp³-hybridized carbons (Fsp3) is 1.00. The molecule has 0 aliphatic carbocycles. The van der Waals surface area contributed by atoms with Crippen LogP contribution >= 0.6 is 0 Å². The van der Waals surface area contributed by atoms with Crippen LogP contribution in [0.5, 0.6) is 0 Å². The van der Waals surface area contributed by atoms with Crippen molar-refractivity contribution in [1.29, 1.82) is 0 Å². The zero-order chi connectivity index (χ0) is 4.99. The molecule has 0 aromatic rings. The zero-order valence-electron chi connectivity index (χ0n) is 4.01. The van der Waals surface area contributed by atoms with E-state index in [2.05, 4.69) is 4.76 Å². The van der Waals surface area contributed by atoms with Gasteiger partial charge in [-0.25, -0.2) is 5.06 Å². The van der Waals surface area contributed by atoms with Crippen LogP contribution in [0.15, 0.2) is 0 Å². The summed E-state index contributed by atoms with van der Waals surface area (Å²) in [5.41, 5.74) is 0. The molecule has 0 bridgehead atoms. The van der Waals surface area contributed by atoms with E-state index in [1.165, 1.54) is 5.06 Å².